The van der Waals surface area contributed by atoms with Gasteiger partial charge in [-0.3, -0.25) is 0 Å². The van der Waals surface area contributed by atoms with Gasteiger partial charge in [-0.05, 0) is 24.3 Å². The van der Waals surface area contributed by atoms with Crippen LogP contribution in [0.25, 0.3) is 0 Å². The summed E-state index contributed by atoms with van der Waals surface area (Å²) < 4.78 is 14.9. The Bertz CT molecular complexity index is 298. The minimum absolute atomic E-state index is 0.0972. The molecule has 0 aromatic rings. The van der Waals surface area contributed by atoms with Crippen LogP contribution in [0, 0.1) is 0 Å². The molecule has 0 amide bonds. The third-order valence-corrected chi connectivity index (χ3v) is 5.96. The molecule has 1 unspecified atom stereocenters. The fraction of sp³-hybridized carbons (Fsp3) is 1.00. The molecule has 0 rings (SSSR count). The Balaban J connectivity index is 0. The fourth-order valence-corrected chi connectivity index (χ4v) is 4.02. The van der Waals surface area contributed by atoms with Gasteiger partial charge in [-0.2, -0.15) is 11.8 Å². The molecule has 0 saturated carbocycles. The molecular formula is C21H47NO4PS+. The number of aliphatic hydroxyl groups is 1. The molecule has 28 heavy (non-hydrogen) atoms. The summed E-state index contributed by atoms with van der Waals surface area (Å²) in [6.07, 6.45) is 20.6. The lowest BCUT2D eigenvalue weighted by atomic mass is 10.0. The highest BCUT2D eigenvalue weighted by atomic mass is 32.2. The average Bonchev–Trinajstić information content (AvgIpc) is 2.69. The summed E-state index contributed by atoms with van der Waals surface area (Å²) in [7, 11) is -2.40. The molecule has 0 saturated heterocycles. The molecule has 0 heterocycles. The Morgan fingerprint density at radius 2 is 1.18 bits per heavy atom. The Kier molecular flexibility index (Phi) is 32.1. The summed E-state index contributed by atoms with van der Waals surface area (Å²) in [6, 6.07) is 0. The number of hydrogen-bond acceptors (Lipinski definition) is 5. The van der Waals surface area contributed by atoms with Gasteiger partial charge in [0.15, 0.2) is 0 Å². The lowest BCUT2D eigenvalue weighted by Gasteiger charge is -2.03. The predicted molar refractivity (Wildman–Crippen MR) is 124 cm³/mol. The van der Waals surface area contributed by atoms with E-state index in [0.29, 0.717) is 13.2 Å². The van der Waals surface area contributed by atoms with Gasteiger partial charge in [0.2, 0.25) is 0 Å². The van der Waals surface area contributed by atoms with Crippen molar-refractivity contribution in [2.45, 2.75) is 103 Å². The van der Waals surface area contributed by atoms with Gasteiger partial charge in [-0.15, -0.1) is 9.42 Å². The standard InChI is InChI=1S/C19H39O3PS.C2H7NO/c1-2-3-4-5-6-7-8-9-10-11-12-13-14-15-18-24-19-16-17-22-23(20)21;3-1-2-4/h2-19H2,1H3;4H,1-3H2/p+1. The molecule has 0 aliphatic rings. The van der Waals surface area contributed by atoms with E-state index >= 15 is 0 Å². The maximum atomic E-state index is 10.3. The summed E-state index contributed by atoms with van der Waals surface area (Å²) in [5.41, 5.74) is 4.78. The van der Waals surface area contributed by atoms with Crippen LogP contribution in [-0.2, 0) is 9.09 Å². The molecule has 170 valence electrons. The van der Waals surface area contributed by atoms with Crippen LogP contribution in [0.4, 0.5) is 0 Å². The number of aliphatic hydroxyl groups excluding tert-OH is 1. The highest BCUT2D eigenvalue weighted by Crippen LogP contribution is 2.16. The quantitative estimate of drug-likeness (QED) is 0.145. The van der Waals surface area contributed by atoms with Crippen molar-refractivity contribution in [3.05, 3.63) is 0 Å². The Labute approximate surface area is 179 Å². The Morgan fingerprint density at radius 1 is 0.786 bits per heavy atom. The van der Waals surface area contributed by atoms with Gasteiger partial charge in [-0.1, -0.05) is 90.4 Å². The second kappa shape index (κ2) is 29.5. The van der Waals surface area contributed by atoms with Crippen molar-refractivity contribution in [1.82, 2.24) is 0 Å². The molecule has 0 aromatic heterocycles. The van der Waals surface area contributed by atoms with E-state index in [-0.39, 0.29) is 6.61 Å². The van der Waals surface area contributed by atoms with E-state index < -0.39 is 8.25 Å². The van der Waals surface area contributed by atoms with Gasteiger partial charge >= 0.3 is 8.25 Å². The smallest absolute Gasteiger partial charge is 0.395 e. The van der Waals surface area contributed by atoms with Crippen LogP contribution in [0.2, 0.25) is 0 Å². The van der Waals surface area contributed by atoms with E-state index in [1.165, 1.54) is 95.6 Å². The van der Waals surface area contributed by atoms with Gasteiger partial charge in [0.1, 0.15) is 6.61 Å². The molecule has 0 aliphatic carbocycles. The van der Waals surface area contributed by atoms with E-state index in [4.69, 9.17) is 15.7 Å². The van der Waals surface area contributed by atoms with E-state index in [1.807, 2.05) is 11.8 Å². The maximum absolute atomic E-state index is 10.3. The minimum Gasteiger partial charge on any atom is -0.395 e. The Morgan fingerprint density at radius 3 is 1.57 bits per heavy atom. The zero-order chi connectivity index (χ0) is 21.1. The third-order valence-electron chi connectivity index (χ3n) is 4.41. The number of unbranched alkanes of at least 4 members (excludes halogenated alkanes) is 13. The first-order valence-electron chi connectivity index (χ1n) is 11.4. The molecule has 0 aromatic carbocycles. The van der Waals surface area contributed by atoms with Crippen LogP contribution >= 0.6 is 20.0 Å². The molecule has 0 radical (unpaired) electrons. The van der Waals surface area contributed by atoms with E-state index in [9.17, 15) is 4.57 Å². The number of rotatable bonds is 21. The average molecular weight is 441 g/mol. The Hall–Kier alpha value is 0.290. The molecule has 0 aliphatic heterocycles. The number of thioether (sulfide) groups is 1. The van der Waals surface area contributed by atoms with E-state index in [1.54, 1.807) is 0 Å². The highest BCUT2D eigenvalue weighted by Gasteiger charge is 2.09. The molecule has 1 atom stereocenters. The monoisotopic (exact) mass is 440 g/mol. The third kappa shape index (κ3) is 33.8. The first-order chi connectivity index (χ1) is 13.7. The van der Waals surface area contributed by atoms with Crippen molar-refractivity contribution in [3.63, 3.8) is 0 Å². The lowest BCUT2D eigenvalue weighted by molar-refractivity contribution is 0.283. The zero-order valence-corrected chi connectivity index (χ0v) is 20.0. The summed E-state index contributed by atoms with van der Waals surface area (Å²) in [5.74, 6) is 2.24. The van der Waals surface area contributed by atoms with Gasteiger partial charge in [0.25, 0.3) is 0 Å². The normalized spacial score (nSPS) is 11.2. The second-order valence-electron chi connectivity index (χ2n) is 7.15. The minimum atomic E-state index is -2.40. The molecule has 0 bridgehead atoms. The summed E-state index contributed by atoms with van der Waals surface area (Å²) >= 11 is 1.93. The van der Waals surface area contributed by atoms with Crippen LogP contribution in [0.1, 0.15) is 103 Å². The topological polar surface area (TPSA) is 92.8 Å². The van der Waals surface area contributed by atoms with Gasteiger partial charge in [0.05, 0.1) is 6.61 Å². The highest BCUT2D eigenvalue weighted by molar-refractivity contribution is 7.99. The van der Waals surface area contributed by atoms with E-state index in [0.717, 1.165) is 12.2 Å². The van der Waals surface area contributed by atoms with Crippen molar-refractivity contribution in [1.29, 1.82) is 0 Å². The predicted octanol–water partition coefficient (Wildman–Crippen LogP) is 6.19. The van der Waals surface area contributed by atoms with Crippen molar-refractivity contribution >= 4 is 20.0 Å². The molecule has 5 nitrogen and oxygen atoms in total. The fourth-order valence-electron chi connectivity index (χ4n) is 2.80. The summed E-state index contributed by atoms with van der Waals surface area (Å²) in [6.45, 7) is 3.15. The van der Waals surface area contributed by atoms with Crippen molar-refractivity contribution in [2.24, 2.45) is 5.73 Å². The number of nitrogens with two attached hydrogens (primary N) is 1. The van der Waals surface area contributed by atoms with E-state index in [2.05, 4.69) is 11.4 Å². The van der Waals surface area contributed by atoms with Crippen LogP contribution in [0.5, 0.6) is 0 Å². The van der Waals surface area contributed by atoms with Gasteiger partial charge in [0, 0.05) is 11.1 Å². The maximum Gasteiger partial charge on any atom is 0.694 e. The molecule has 0 spiro atoms. The largest absolute Gasteiger partial charge is 0.694 e. The van der Waals surface area contributed by atoms with Crippen molar-refractivity contribution in [2.75, 3.05) is 31.3 Å². The molecule has 0 fully saturated rings. The second-order valence-corrected chi connectivity index (χ2v) is 9.10. The van der Waals surface area contributed by atoms with Crippen LogP contribution in [0.15, 0.2) is 0 Å². The summed E-state index contributed by atoms with van der Waals surface area (Å²) in [4.78, 5) is 8.48. The first kappa shape index (κ1) is 30.5. The van der Waals surface area contributed by atoms with Crippen molar-refractivity contribution < 1.29 is 19.1 Å². The van der Waals surface area contributed by atoms with Crippen molar-refractivity contribution in [3.8, 4) is 0 Å². The van der Waals surface area contributed by atoms with Crippen LogP contribution in [0.3, 0.4) is 0 Å². The van der Waals surface area contributed by atoms with Gasteiger partial charge in [-0.25, -0.2) is 0 Å². The SMILES string of the molecule is CCCCCCCCCCCCCCCCSCCCO[P+](=O)O.NCCO. The van der Waals surface area contributed by atoms with Crippen LogP contribution in [-0.4, -0.2) is 41.3 Å². The molecular weight excluding hydrogens is 393 g/mol. The first-order valence-corrected chi connectivity index (χ1v) is 13.6. The lowest BCUT2D eigenvalue weighted by Crippen LogP contribution is -2.02. The summed E-state index contributed by atoms with van der Waals surface area (Å²) in [5, 5.41) is 7.75. The van der Waals surface area contributed by atoms with Crippen LogP contribution < -0.4 is 5.73 Å². The number of hydrogen-bond donors (Lipinski definition) is 3. The van der Waals surface area contributed by atoms with Gasteiger partial charge < -0.3 is 10.8 Å². The molecule has 7 heteroatoms. The zero-order valence-electron chi connectivity index (χ0n) is 18.3. The molecule has 4 N–H and O–H groups in total.